The van der Waals surface area contributed by atoms with Crippen LogP contribution in [-0.2, 0) is 4.79 Å². The van der Waals surface area contributed by atoms with Crippen LogP contribution in [0.15, 0.2) is 29.6 Å². The van der Waals surface area contributed by atoms with Gasteiger partial charge in [0.15, 0.2) is 5.75 Å². The van der Waals surface area contributed by atoms with Crippen LogP contribution in [0.3, 0.4) is 0 Å². The lowest BCUT2D eigenvalue weighted by atomic mass is 10.1. The Morgan fingerprint density at radius 2 is 2.09 bits per heavy atom. The SMILES string of the molecule is COc1cc(/C=C(\C(=O)O)c2cccs2)cc([N+](=O)[O-])c1OC. The molecule has 2 rings (SSSR count). The predicted octanol–water partition coefficient (Wildman–Crippen LogP) is 3.30. The number of carboxylic acids is 1. The highest BCUT2D eigenvalue weighted by Crippen LogP contribution is 2.39. The number of aliphatic carboxylic acids is 1. The number of methoxy groups -OCH3 is 2. The number of nitrogens with zero attached hydrogens (tertiary/aromatic N) is 1. The highest BCUT2D eigenvalue weighted by atomic mass is 32.1. The van der Waals surface area contributed by atoms with Gasteiger partial charge in [0, 0.05) is 10.9 Å². The Labute approximate surface area is 135 Å². The highest BCUT2D eigenvalue weighted by Gasteiger charge is 2.22. The molecule has 2 aromatic rings. The number of nitro groups is 1. The highest BCUT2D eigenvalue weighted by molar-refractivity contribution is 7.11. The molecule has 0 spiro atoms. The number of nitro benzene ring substituents is 1. The number of ether oxygens (including phenoxy) is 2. The summed E-state index contributed by atoms with van der Waals surface area (Å²) in [6, 6.07) is 6.13. The first-order chi connectivity index (χ1) is 11.0. The number of carboxylic acid groups (broad SMARTS) is 1. The summed E-state index contributed by atoms with van der Waals surface area (Å²) in [6.45, 7) is 0. The van der Waals surface area contributed by atoms with Crippen LogP contribution in [0, 0.1) is 10.1 Å². The summed E-state index contributed by atoms with van der Waals surface area (Å²) in [5.74, 6) is -0.976. The van der Waals surface area contributed by atoms with Crippen LogP contribution in [0.1, 0.15) is 10.4 Å². The largest absolute Gasteiger partial charge is 0.493 e. The van der Waals surface area contributed by atoms with Crippen molar-refractivity contribution >= 4 is 34.6 Å². The second-order valence-corrected chi connectivity index (χ2v) is 5.32. The van der Waals surface area contributed by atoms with E-state index >= 15 is 0 Å². The van der Waals surface area contributed by atoms with Gasteiger partial charge in [-0.15, -0.1) is 11.3 Å². The van der Waals surface area contributed by atoms with E-state index in [0.29, 0.717) is 10.4 Å². The maximum Gasteiger partial charge on any atom is 0.337 e. The monoisotopic (exact) mass is 335 g/mol. The van der Waals surface area contributed by atoms with E-state index in [1.54, 1.807) is 17.5 Å². The summed E-state index contributed by atoms with van der Waals surface area (Å²) in [6.07, 6.45) is 1.36. The first-order valence-corrected chi connectivity index (χ1v) is 7.25. The van der Waals surface area contributed by atoms with Gasteiger partial charge in [0.05, 0.1) is 24.7 Å². The zero-order valence-electron chi connectivity index (χ0n) is 12.3. The summed E-state index contributed by atoms with van der Waals surface area (Å²) in [5, 5.41) is 22.3. The second-order valence-electron chi connectivity index (χ2n) is 4.37. The molecule has 0 aliphatic heterocycles. The van der Waals surface area contributed by atoms with Crippen molar-refractivity contribution in [3.63, 3.8) is 0 Å². The zero-order valence-corrected chi connectivity index (χ0v) is 13.1. The Balaban J connectivity index is 2.63. The van der Waals surface area contributed by atoms with Crippen molar-refractivity contribution in [1.29, 1.82) is 0 Å². The number of carbonyl (C=O) groups is 1. The van der Waals surface area contributed by atoms with Gasteiger partial charge in [-0.3, -0.25) is 10.1 Å². The van der Waals surface area contributed by atoms with Crippen molar-refractivity contribution in [3.8, 4) is 11.5 Å². The zero-order chi connectivity index (χ0) is 17.0. The van der Waals surface area contributed by atoms with Gasteiger partial charge in [-0.05, 0) is 29.2 Å². The third kappa shape index (κ3) is 3.49. The molecule has 1 aromatic carbocycles. The van der Waals surface area contributed by atoms with Gasteiger partial charge in [-0.25, -0.2) is 4.79 Å². The first-order valence-electron chi connectivity index (χ1n) is 6.37. The van der Waals surface area contributed by atoms with Crippen molar-refractivity contribution in [2.75, 3.05) is 14.2 Å². The lowest BCUT2D eigenvalue weighted by Gasteiger charge is -2.09. The first kappa shape index (κ1) is 16.5. The number of thiophene rings is 1. The van der Waals surface area contributed by atoms with Gasteiger partial charge in [0.1, 0.15) is 0 Å². The molecular weight excluding hydrogens is 322 g/mol. The van der Waals surface area contributed by atoms with Crippen molar-refractivity contribution in [1.82, 2.24) is 0 Å². The van der Waals surface area contributed by atoms with Crippen molar-refractivity contribution in [2.45, 2.75) is 0 Å². The Morgan fingerprint density at radius 3 is 2.57 bits per heavy atom. The van der Waals surface area contributed by atoms with Crippen molar-refractivity contribution in [3.05, 3.63) is 50.2 Å². The molecule has 0 fully saturated rings. The Hall–Kier alpha value is -2.87. The van der Waals surface area contributed by atoms with E-state index in [-0.39, 0.29) is 22.8 Å². The van der Waals surface area contributed by atoms with Crippen LogP contribution >= 0.6 is 11.3 Å². The molecular formula is C15H13NO6S. The summed E-state index contributed by atoms with van der Waals surface area (Å²) in [7, 11) is 2.65. The Kier molecular flexibility index (Phi) is 4.97. The summed E-state index contributed by atoms with van der Waals surface area (Å²) in [4.78, 5) is 22.6. The molecule has 8 heteroatoms. The van der Waals surface area contributed by atoms with Crippen LogP contribution in [0.5, 0.6) is 11.5 Å². The lowest BCUT2D eigenvalue weighted by Crippen LogP contribution is -2.00. The molecule has 1 aromatic heterocycles. The number of rotatable bonds is 6. The Morgan fingerprint density at radius 1 is 1.35 bits per heavy atom. The molecule has 0 bridgehead atoms. The van der Waals surface area contributed by atoms with E-state index in [1.807, 2.05) is 0 Å². The smallest absolute Gasteiger partial charge is 0.337 e. The van der Waals surface area contributed by atoms with E-state index < -0.39 is 10.9 Å². The van der Waals surface area contributed by atoms with Crippen LogP contribution in [0.2, 0.25) is 0 Å². The molecule has 7 nitrogen and oxygen atoms in total. The Bertz CT molecular complexity index is 767. The summed E-state index contributed by atoms with van der Waals surface area (Å²) < 4.78 is 10.1. The maximum absolute atomic E-state index is 11.4. The van der Waals surface area contributed by atoms with Crippen LogP contribution in [0.25, 0.3) is 11.6 Å². The fourth-order valence-corrected chi connectivity index (χ4v) is 2.75. The standard InChI is InChI=1S/C15H13NO6S/c1-21-12-8-9(7-11(16(19)20)14(12)22-2)6-10(15(17)18)13-4-3-5-23-13/h3-8H,1-2H3,(H,17,18)/b10-6-. The molecule has 0 aliphatic rings. The minimum absolute atomic E-state index is 0.0114. The number of hydrogen-bond acceptors (Lipinski definition) is 6. The van der Waals surface area contributed by atoms with E-state index in [2.05, 4.69) is 0 Å². The molecule has 0 amide bonds. The van der Waals surface area contributed by atoms with Gasteiger partial charge in [0.25, 0.3) is 0 Å². The fourth-order valence-electron chi connectivity index (χ4n) is 2.02. The van der Waals surface area contributed by atoms with E-state index in [4.69, 9.17) is 9.47 Å². The van der Waals surface area contributed by atoms with Gasteiger partial charge in [-0.1, -0.05) is 6.07 Å². The number of benzene rings is 1. The molecule has 0 unspecified atom stereocenters. The molecule has 120 valence electrons. The molecule has 0 aliphatic carbocycles. The fraction of sp³-hybridized carbons (Fsp3) is 0.133. The van der Waals surface area contributed by atoms with E-state index in [0.717, 1.165) is 0 Å². The third-order valence-electron chi connectivity index (χ3n) is 3.01. The van der Waals surface area contributed by atoms with Gasteiger partial charge in [0.2, 0.25) is 5.75 Å². The molecule has 1 N–H and O–H groups in total. The molecule has 0 radical (unpaired) electrons. The van der Waals surface area contributed by atoms with Crippen molar-refractivity contribution < 1.29 is 24.3 Å². The van der Waals surface area contributed by atoms with E-state index in [9.17, 15) is 20.0 Å². The van der Waals surface area contributed by atoms with Crippen LogP contribution in [-0.4, -0.2) is 30.2 Å². The molecule has 1 heterocycles. The van der Waals surface area contributed by atoms with Crippen molar-refractivity contribution in [2.24, 2.45) is 0 Å². The molecule has 0 saturated carbocycles. The molecule has 0 atom stereocenters. The quantitative estimate of drug-likeness (QED) is 0.494. The van der Waals surface area contributed by atoms with Gasteiger partial charge < -0.3 is 14.6 Å². The average molecular weight is 335 g/mol. The molecule has 0 saturated heterocycles. The second kappa shape index (κ2) is 6.93. The number of hydrogen-bond donors (Lipinski definition) is 1. The lowest BCUT2D eigenvalue weighted by molar-refractivity contribution is -0.385. The molecule has 23 heavy (non-hydrogen) atoms. The minimum atomic E-state index is -1.12. The normalized spacial score (nSPS) is 11.1. The van der Waals surface area contributed by atoms with Gasteiger partial charge in [-0.2, -0.15) is 0 Å². The summed E-state index contributed by atoms with van der Waals surface area (Å²) in [5.41, 5.74) is 0.0793. The van der Waals surface area contributed by atoms with Crippen LogP contribution < -0.4 is 9.47 Å². The third-order valence-corrected chi connectivity index (χ3v) is 3.91. The predicted molar refractivity (Wildman–Crippen MR) is 86.0 cm³/mol. The van der Waals surface area contributed by atoms with E-state index in [1.165, 1.54) is 43.8 Å². The average Bonchev–Trinajstić information content (AvgIpc) is 3.05. The maximum atomic E-state index is 11.4. The topological polar surface area (TPSA) is 98.9 Å². The minimum Gasteiger partial charge on any atom is -0.493 e. The summed E-state index contributed by atoms with van der Waals surface area (Å²) >= 11 is 1.27. The van der Waals surface area contributed by atoms with Crippen LogP contribution in [0.4, 0.5) is 5.69 Å². The van der Waals surface area contributed by atoms with Gasteiger partial charge >= 0.3 is 11.7 Å².